The smallest absolute Gasteiger partial charge is 0.415 e. The van der Waals surface area contributed by atoms with Crippen molar-refractivity contribution in [3.8, 4) is 5.75 Å². The van der Waals surface area contributed by atoms with Gasteiger partial charge < -0.3 is 29.4 Å². The molecular formula is C31H38Cl3N3O9. The predicted octanol–water partition coefficient (Wildman–Crippen LogP) is 5.78. The van der Waals surface area contributed by atoms with E-state index in [1.807, 2.05) is 20.8 Å². The summed E-state index contributed by atoms with van der Waals surface area (Å²) in [5.41, 5.74) is 0.495. The van der Waals surface area contributed by atoms with E-state index in [4.69, 9.17) is 53.8 Å². The number of amides is 2. The number of aliphatic hydroxyl groups is 1. The van der Waals surface area contributed by atoms with Crippen molar-refractivity contribution in [2.24, 2.45) is 5.41 Å². The number of nitrogens with one attached hydrogen (secondary N) is 1. The third-order valence-electron chi connectivity index (χ3n) is 6.48. The van der Waals surface area contributed by atoms with Crippen molar-refractivity contribution in [1.29, 1.82) is 0 Å². The van der Waals surface area contributed by atoms with E-state index in [1.54, 1.807) is 37.3 Å². The van der Waals surface area contributed by atoms with E-state index in [-0.39, 0.29) is 73.8 Å². The van der Waals surface area contributed by atoms with Gasteiger partial charge in [0.2, 0.25) is 9.58 Å². The van der Waals surface area contributed by atoms with Gasteiger partial charge in [-0.2, -0.15) is 0 Å². The fraction of sp³-hybridized carbons (Fsp3) is 0.516. The number of fused-ring (bicyclic) bond motifs is 1. The third kappa shape index (κ3) is 11.8. The quantitative estimate of drug-likeness (QED) is 0.158. The summed E-state index contributed by atoms with van der Waals surface area (Å²) in [5, 5.41) is 13.7. The van der Waals surface area contributed by atoms with Crippen molar-refractivity contribution in [3.05, 3.63) is 53.7 Å². The topological polar surface area (TPSA) is 154 Å². The van der Waals surface area contributed by atoms with Gasteiger partial charge in [-0.15, -0.1) is 0 Å². The number of hydrogen-bond donors (Lipinski definition) is 2. The molecule has 2 N–H and O–H groups in total. The largest absolute Gasteiger partial charge is 0.464 e. The second kappa shape index (κ2) is 16.0. The zero-order valence-corrected chi connectivity index (χ0v) is 28.3. The lowest BCUT2D eigenvalue weighted by atomic mass is 9.93. The van der Waals surface area contributed by atoms with Crippen LogP contribution in [-0.2, 0) is 25.4 Å². The number of benzene rings is 1. The highest BCUT2D eigenvalue weighted by molar-refractivity contribution is 6.67. The summed E-state index contributed by atoms with van der Waals surface area (Å²) in [6.07, 6.45) is -0.253. The summed E-state index contributed by atoms with van der Waals surface area (Å²) in [6, 6.07) is 8.58. The van der Waals surface area contributed by atoms with Crippen LogP contribution in [0.3, 0.4) is 0 Å². The van der Waals surface area contributed by atoms with Gasteiger partial charge in [-0.3, -0.25) is 9.69 Å². The van der Waals surface area contributed by atoms with Gasteiger partial charge in [-0.25, -0.2) is 19.4 Å². The molecule has 1 aliphatic heterocycles. The highest BCUT2D eigenvalue weighted by atomic mass is 35.6. The van der Waals surface area contributed by atoms with Gasteiger partial charge in [0.05, 0.1) is 25.2 Å². The van der Waals surface area contributed by atoms with Crippen molar-refractivity contribution in [2.45, 2.75) is 69.0 Å². The molecule has 0 fully saturated rings. The number of halogens is 3. The number of alkyl halides is 3. The van der Waals surface area contributed by atoms with E-state index < -0.39 is 40.4 Å². The Morgan fingerprint density at radius 3 is 2.48 bits per heavy atom. The summed E-state index contributed by atoms with van der Waals surface area (Å²) < 4.78 is 19.5. The molecule has 2 heterocycles. The number of carbonyl (C=O) groups excluding carboxylic acids is 4. The van der Waals surface area contributed by atoms with Gasteiger partial charge in [0.1, 0.15) is 24.2 Å². The first-order valence-electron chi connectivity index (χ1n) is 14.6. The van der Waals surface area contributed by atoms with E-state index in [1.165, 1.54) is 17.2 Å². The van der Waals surface area contributed by atoms with Crippen LogP contribution in [0.2, 0.25) is 0 Å². The summed E-state index contributed by atoms with van der Waals surface area (Å²) in [7, 11) is 0. The van der Waals surface area contributed by atoms with Crippen LogP contribution in [0.15, 0.2) is 42.6 Å². The summed E-state index contributed by atoms with van der Waals surface area (Å²) in [4.78, 5) is 56.3. The molecule has 3 rings (SSSR count). The number of esters is 1. The molecule has 15 heteroatoms. The fourth-order valence-corrected chi connectivity index (χ4v) is 4.59. The number of hydrogen-bond acceptors (Lipinski definition) is 10. The Morgan fingerprint density at radius 2 is 1.85 bits per heavy atom. The summed E-state index contributed by atoms with van der Waals surface area (Å²) >= 11 is 17.1. The highest BCUT2D eigenvalue weighted by Gasteiger charge is 2.39. The molecule has 12 nitrogen and oxygen atoms in total. The van der Waals surface area contributed by atoms with Crippen molar-refractivity contribution in [1.82, 2.24) is 10.3 Å². The number of nitrogens with zero attached hydrogens (tertiary/aromatic N) is 2. The van der Waals surface area contributed by atoms with Crippen LogP contribution in [0.5, 0.6) is 5.75 Å². The van der Waals surface area contributed by atoms with Crippen molar-refractivity contribution in [3.63, 3.8) is 0 Å². The Bertz CT molecular complexity index is 1380. The molecule has 0 saturated carbocycles. The predicted molar refractivity (Wildman–Crippen MR) is 171 cm³/mol. The van der Waals surface area contributed by atoms with Crippen LogP contribution in [0.25, 0.3) is 0 Å². The number of ketones is 1. The van der Waals surface area contributed by atoms with Crippen LogP contribution in [0.4, 0.5) is 15.4 Å². The minimum Gasteiger partial charge on any atom is -0.464 e. The molecule has 252 valence electrons. The maximum atomic E-state index is 13.2. The minimum absolute atomic E-state index is 0.0199. The Hall–Kier alpha value is -3.32. The Balaban J connectivity index is 1.68. The van der Waals surface area contributed by atoms with Crippen molar-refractivity contribution in [2.75, 3.05) is 31.3 Å². The van der Waals surface area contributed by atoms with Crippen LogP contribution < -0.4 is 15.0 Å². The first-order chi connectivity index (χ1) is 21.5. The zero-order chi connectivity index (χ0) is 34.1. The molecule has 1 aliphatic rings. The average Bonchev–Trinajstić information content (AvgIpc) is 2.97. The molecule has 2 unspecified atom stereocenters. The molecule has 2 amide bonds. The number of ether oxygens (including phenoxy) is 4. The van der Waals surface area contributed by atoms with Gasteiger partial charge in [-0.05, 0) is 48.6 Å². The van der Waals surface area contributed by atoms with Crippen LogP contribution >= 0.6 is 34.8 Å². The lowest BCUT2D eigenvalue weighted by Crippen LogP contribution is -2.44. The zero-order valence-electron chi connectivity index (χ0n) is 26.0. The first kappa shape index (κ1) is 37.1. The normalized spacial score (nSPS) is 16.8. The molecular weight excluding hydrogens is 665 g/mol. The van der Waals surface area contributed by atoms with Gasteiger partial charge >= 0.3 is 18.2 Å². The van der Waals surface area contributed by atoms with Crippen LogP contribution in [-0.4, -0.2) is 76.0 Å². The molecule has 0 spiro atoms. The number of Topliss-reactive ketones (excluding diaryl/α,β-unsaturated/α-hetero) is 1. The van der Waals surface area contributed by atoms with Crippen LogP contribution in [0, 0.1) is 5.41 Å². The molecule has 0 aliphatic carbocycles. The van der Waals surface area contributed by atoms with Gasteiger partial charge in [-0.1, -0.05) is 67.7 Å². The van der Waals surface area contributed by atoms with Gasteiger partial charge in [0, 0.05) is 25.6 Å². The number of carbonyl (C=O) groups is 4. The molecule has 46 heavy (non-hydrogen) atoms. The number of alkyl carbamates (subject to hydrolysis) is 1. The van der Waals surface area contributed by atoms with E-state index in [0.29, 0.717) is 5.56 Å². The third-order valence-corrected chi connectivity index (χ3v) is 6.80. The average molecular weight is 703 g/mol. The maximum absolute atomic E-state index is 13.2. The number of pyridine rings is 1. The molecule has 0 bridgehead atoms. The second-order valence-corrected chi connectivity index (χ2v) is 14.4. The molecule has 2 atom stereocenters. The standard InChI is InChI=1S/C31H38Cl3N3O9/c1-5-43-26(39)22(36-27(40)44-18-29(2,3)4)16-20-10-11-24-21(15-20)23(38)17-30(42,46-24)12-8-14-37(25-9-6-7-13-35-25)28(41)45-19-31(32,33)34/h6-7,9-11,13,15,22,42H,5,8,12,14,16-19H2,1-4H3,(H,36,40). The van der Waals surface area contributed by atoms with E-state index in [9.17, 15) is 24.3 Å². The van der Waals surface area contributed by atoms with Gasteiger partial charge in [0.25, 0.3) is 0 Å². The molecule has 1 aromatic heterocycles. The minimum atomic E-state index is -1.85. The second-order valence-electron chi connectivity index (χ2n) is 11.9. The van der Waals surface area contributed by atoms with Gasteiger partial charge in [0.15, 0.2) is 5.78 Å². The Labute approximate surface area is 282 Å². The lowest BCUT2D eigenvalue weighted by molar-refractivity contribution is -0.145. The Kier molecular flexibility index (Phi) is 12.9. The summed E-state index contributed by atoms with van der Waals surface area (Å²) in [6.45, 7) is 7.17. The number of anilines is 1. The maximum Gasteiger partial charge on any atom is 0.415 e. The number of rotatable bonds is 12. The van der Waals surface area contributed by atoms with E-state index in [2.05, 4.69) is 10.3 Å². The van der Waals surface area contributed by atoms with Crippen molar-refractivity contribution >= 4 is 64.6 Å². The summed E-state index contributed by atoms with van der Waals surface area (Å²) in [5.74, 6) is -2.47. The molecule has 0 saturated heterocycles. The van der Waals surface area contributed by atoms with Crippen molar-refractivity contribution < 1.29 is 43.2 Å². The lowest BCUT2D eigenvalue weighted by Gasteiger charge is -2.34. The molecule has 2 aromatic rings. The number of aromatic nitrogens is 1. The molecule has 1 aromatic carbocycles. The first-order valence-corrected chi connectivity index (χ1v) is 15.7. The van der Waals surface area contributed by atoms with Crippen LogP contribution in [0.1, 0.15) is 62.9 Å². The SMILES string of the molecule is CCOC(=O)C(Cc1ccc2c(c1)C(=O)CC(O)(CCCN(C(=O)OCC(Cl)(Cl)Cl)c1ccccn1)O2)NC(=O)OCC(C)(C)C. The molecule has 0 radical (unpaired) electrons. The highest BCUT2D eigenvalue weighted by Crippen LogP contribution is 2.35. The van der Waals surface area contributed by atoms with E-state index in [0.717, 1.165) is 0 Å². The Morgan fingerprint density at radius 1 is 1.11 bits per heavy atom. The fourth-order valence-electron chi connectivity index (χ4n) is 4.42. The monoisotopic (exact) mass is 701 g/mol. The van der Waals surface area contributed by atoms with E-state index >= 15 is 0 Å².